The zero-order valence-corrected chi connectivity index (χ0v) is 20.7. The number of esters is 1. The van der Waals surface area contributed by atoms with Crippen molar-refractivity contribution in [3.8, 4) is 17.2 Å². The minimum absolute atomic E-state index is 0.00987. The summed E-state index contributed by atoms with van der Waals surface area (Å²) in [5, 5.41) is 10.4. The summed E-state index contributed by atoms with van der Waals surface area (Å²) in [4.78, 5) is 16.9. The van der Waals surface area contributed by atoms with Crippen LogP contribution in [0.15, 0.2) is 71.7 Å². The molecular formula is C30H35NO4. The maximum Gasteiger partial charge on any atom is 0.343 e. The summed E-state index contributed by atoms with van der Waals surface area (Å²) in [5.74, 6) is 0.493. The predicted octanol–water partition coefficient (Wildman–Crippen LogP) is 7.66. The molecule has 184 valence electrons. The number of benzene rings is 3. The van der Waals surface area contributed by atoms with E-state index < -0.39 is 5.97 Å². The smallest absolute Gasteiger partial charge is 0.343 e. The molecule has 0 fully saturated rings. The van der Waals surface area contributed by atoms with Crippen molar-refractivity contribution in [3.05, 3.63) is 83.4 Å². The van der Waals surface area contributed by atoms with Gasteiger partial charge in [0, 0.05) is 17.8 Å². The van der Waals surface area contributed by atoms with Crippen LogP contribution in [0, 0.1) is 0 Å². The number of carbonyl (C=O) groups is 1. The molecule has 0 saturated carbocycles. The van der Waals surface area contributed by atoms with Gasteiger partial charge in [-0.05, 0) is 66.9 Å². The lowest BCUT2D eigenvalue weighted by atomic mass is 10.1. The molecule has 3 aromatic carbocycles. The lowest BCUT2D eigenvalue weighted by Gasteiger charge is -2.08. The van der Waals surface area contributed by atoms with Crippen LogP contribution < -0.4 is 9.47 Å². The molecule has 0 aromatic heterocycles. The van der Waals surface area contributed by atoms with Crippen molar-refractivity contribution in [2.45, 2.75) is 58.8 Å². The number of hydrogen-bond donors (Lipinski definition) is 1. The molecule has 35 heavy (non-hydrogen) atoms. The number of hydrogen-bond acceptors (Lipinski definition) is 5. The average Bonchev–Trinajstić information content (AvgIpc) is 2.87. The van der Waals surface area contributed by atoms with Crippen molar-refractivity contribution in [1.29, 1.82) is 0 Å². The van der Waals surface area contributed by atoms with Gasteiger partial charge in [0.25, 0.3) is 0 Å². The number of rotatable bonds is 13. The minimum atomic E-state index is -0.496. The van der Waals surface area contributed by atoms with Gasteiger partial charge in [-0.15, -0.1) is 0 Å². The van der Waals surface area contributed by atoms with Crippen LogP contribution in [0.3, 0.4) is 0 Å². The van der Waals surface area contributed by atoms with Crippen molar-refractivity contribution in [2.24, 2.45) is 4.99 Å². The van der Waals surface area contributed by atoms with Crippen LogP contribution in [-0.4, -0.2) is 23.9 Å². The summed E-state index contributed by atoms with van der Waals surface area (Å²) in [6.45, 7) is 5.02. The summed E-state index contributed by atoms with van der Waals surface area (Å²) in [6.07, 6.45) is 9.66. The number of phenolic OH excluding ortho intramolecular Hbond substituents is 1. The molecule has 0 unspecified atom stereocenters. The van der Waals surface area contributed by atoms with E-state index in [-0.39, 0.29) is 11.5 Å². The molecule has 0 aliphatic carbocycles. The molecule has 3 rings (SSSR count). The van der Waals surface area contributed by atoms with Gasteiger partial charge in [-0.1, -0.05) is 58.1 Å². The van der Waals surface area contributed by atoms with Crippen LogP contribution in [0.2, 0.25) is 0 Å². The van der Waals surface area contributed by atoms with Crippen LogP contribution in [0.25, 0.3) is 0 Å². The Morgan fingerprint density at radius 2 is 1.57 bits per heavy atom. The van der Waals surface area contributed by atoms with E-state index in [9.17, 15) is 9.90 Å². The van der Waals surface area contributed by atoms with Crippen molar-refractivity contribution >= 4 is 17.9 Å². The van der Waals surface area contributed by atoms with Gasteiger partial charge in [-0.25, -0.2) is 4.79 Å². The number of unbranched alkanes of at least 4 members (excludes halogenated alkanes) is 4. The van der Waals surface area contributed by atoms with Crippen LogP contribution in [0.1, 0.15) is 73.9 Å². The fourth-order valence-electron chi connectivity index (χ4n) is 3.63. The van der Waals surface area contributed by atoms with E-state index >= 15 is 0 Å². The van der Waals surface area contributed by atoms with Crippen LogP contribution >= 0.6 is 0 Å². The van der Waals surface area contributed by atoms with Crippen molar-refractivity contribution in [2.75, 3.05) is 6.61 Å². The van der Waals surface area contributed by atoms with E-state index in [2.05, 4.69) is 31.0 Å². The van der Waals surface area contributed by atoms with Gasteiger partial charge in [-0.2, -0.15) is 0 Å². The standard InChI is InChI=1S/C30H35NO4/c1-3-5-6-7-8-20-34-27-17-12-24(13-18-27)30(33)35-28-19-14-25(29(32)21-28)22-31-26-15-10-23(9-4-2)11-16-26/h10-19,21-22,32H,3-9,20H2,1-2H3. The second kappa shape index (κ2) is 14.0. The molecular weight excluding hydrogens is 438 g/mol. The van der Waals surface area contributed by atoms with Gasteiger partial charge in [0.2, 0.25) is 0 Å². The highest BCUT2D eigenvalue weighted by Gasteiger charge is 2.10. The van der Waals surface area contributed by atoms with Crippen molar-refractivity contribution < 1.29 is 19.4 Å². The normalized spacial score (nSPS) is 11.0. The number of aryl methyl sites for hydroxylation is 1. The highest BCUT2D eigenvalue weighted by atomic mass is 16.5. The average molecular weight is 474 g/mol. The third-order valence-electron chi connectivity index (χ3n) is 5.65. The van der Waals surface area contributed by atoms with E-state index in [4.69, 9.17) is 9.47 Å². The second-order valence-electron chi connectivity index (χ2n) is 8.57. The molecule has 0 spiro atoms. The molecule has 0 aliphatic heterocycles. The molecule has 0 heterocycles. The molecule has 0 radical (unpaired) electrons. The maximum atomic E-state index is 12.5. The third kappa shape index (κ3) is 8.60. The molecule has 0 amide bonds. The van der Waals surface area contributed by atoms with Gasteiger partial charge in [-0.3, -0.25) is 4.99 Å². The molecule has 5 heteroatoms. The van der Waals surface area contributed by atoms with Crippen LogP contribution in [0.4, 0.5) is 5.69 Å². The van der Waals surface area contributed by atoms with E-state index in [1.165, 1.54) is 37.3 Å². The molecule has 5 nitrogen and oxygen atoms in total. The Hall–Kier alpha value is -3.60. The van der Waals surface area contributed by atoms with Gasteiger partial charge in [0.1, 0.15) is 17.2 Å². The van der Waals surface area contributed by atoms with Crippen molar-refractivity contribution in [3.63, 3.8) is 0 Å². The van der Waals surface area contributed by atoms with E-state index in [0.29, 0.717) is 17.7 Å². The number of phenols is 1. The first kappa shape index (κ1) is 26.0. The first-order chi connectivity index (χ1) is 17.1. The number of carbonyl (C=O) groups excluding carboxylic acids is 1. The highest BCUT2D eigenvalue weighted by molar-refractivity contribution is 5.91. The predicted molar refractivity (Wildman–Crippen MR) is 141 cm³/mol. The number of aliphatic imine (C=N–C) groups is 1. The third-order valence-corrected chi connectivity index (χ3v) is 5.65. The number of ether oxygens (including phenoxy) is 2. The monoisotopic (exact) mass is 473 g/mol. The first-order valence-corrected chi connectivity index (χ1v) is 12.5. The Balaban J connectivity index is 1.51. The highest BCUT2D eigenvalue weighted by Crippen LogP contribution is 2.24. The lowest BCUT2D eigenvalue weighted by molar-refractivity contribution is 0.0734. The Morgan fingerprint density at radius 1 is 0.857 bits per heavy atom. The summed E-state index contributed by atoms with van der Waals surface area (Å²) in [7, 11) is 0. The fraction of sp³-hybridized carbons (Fsp3) is 0.333. The topological polar surface area (TPSA) is 68.1 Å². The first-order valence-electron chi connectivity index (χ1n) is 12.5. The lowest BCUT2D eigenvalue weighted by Crippen LogP contribution is -2.08. The van der Waals surface area contributed by atoms with Gasteiger partial charge in [0.15, 0.2) is 0 Å². The van der Waals surface area contributed by atoms with Gasteiger partial charge >= 0.3 is 5.97 Å². The Labute approximate surface area is 208 Å². The van der Waals surface area contributed by atoms with E-state index in [1.54, 1.807) is 42.6 Å². The van der Waals surface area contributed by atoms with Crippen LogP contribution in [-0.2, 0) is 6.42 Å². The van der Waals surface area contributed by atoms with E-state index in [0.717, 1.165) is 30.7 Å². The quantitative estimate of drug-likeness (QED) is 0.120. The fourth-order valence-corrected chi connectivity index (χ4v) is 3.63. The Kier molecular flexibility index (Phi) is 10.4. The SMILES string of the molecule is CCCCCCCOc1ccc(C(=O)Oc2ccc(C=Nc3ccc(CCC)cc3)c(O)c2)cc1. The minimum Gasteiger partial charge on any atom is -0.507 e. The second-order valence-corrected chi connectivity index (χ2v) is 8.57. The summed E-state index contributed by atoms with van der Waals surface area (Å²) in [5.41, 5.74) is 3.04. The number of nitrogens with zero attached hydrogens (tertiary/aromatic N) is 1. The maximum absolute atomic E-state index is 12.5. The Morgan fingerprint density at radius 3 is 2.26 bits per heavy atom. The van der Waals surface area contributed by atoms with Crippen molar-refractivity contribution in [1.82, 2.24) is 0 Å². The van der Waals surface area contributed by atoms with E-state index in [1.807, 2.05) is 12.1 Å². The summed E-state index contributed by atoms with van der Waals surface area (Å²) in [6, 6.07) is 19.7. The number of aromatic hydroxyl groups is 1. The molecule has 0 bridgehead atoms. The molecule has 0 aliphatic rings. The van der Waals surface area contributed by atoms with Gasteiger partial charge in [0.05, 0.1) is 17.9 Å². The largest absolute Gasteiger partial charge is 0.507 e. The molecule has 1 N–H and O–H groups in total. The summed E-state index contributed by atoms with van der Waals surface area (Å²) < 4.78 is 11.2. The Bertz CT molecular complexity index is 1090. The van der Waals surface area contributed by atoms with Gasteiger partial charge < -0.3 is 14.6 Å². The zero-order chi connectivity index (χ0) is 24.9. The van der Waals surface area contributed by atoms with Crippen LogP contribution in [0.5, 0.6) is 17.2 Å². The molecule has 3 aromatic rings. The zero-order valence-electron chi connectivity index (χ0n) is 20.7. The molecule has 0 atom stereocenters. The molecule has 0 saturated heterocycles. The summed E-state index contributed by atoms with van der Waals surface area (Å²) >= 11 is 0.